The molecule has 0 atom stereocenters. The molecule has 0 amide bonds. The van der Waals surface area contributed by atoms with Crippen LogP contribution in [0.25, 0.3) is 0 Å². The Balaban J connectivity index is 2.23. The Morgan fingerprint density at radius 2 is 2.12 bits per heavy atom. The normalized spacial score (nSPS) is 9.71. The molecule has 1 aromatic heterocycles. The number of nitrogens with zero attached hydrogens (tertiary/aromatic N) is 2. The van der Waals surface area contributed by atoms with Gasteiger partial charge in [0, 0.05) is 0 Å². The second kappa shape index (κ2) is 4.93. The fourth-order valence-corrected chi connectivity index (χ4v) is 1.62. The number of halogens is 2. The van der Waals surface area contributed by atoms with Crippen molar-refractivity contribution in [2.75, 3.05) is 0 Å². The maximum absolute atomic E-state index is 12.9. The van der Waals surface area contributed by atoms with Crippen molar-refractivity contribution in [1.82, 2.24) is 4.98 Å². The molecule has 0 bridgehead atoms. The van der Waals surface area contributed by atoms with E-state index < -0.39 is 0 Å². The van der Waals surface area contributed by atoms with Crippen LogP contribution in [0.4, 0.5) is 4.39 Å². The maximum atomic E-state index is 12.9. The molecule has 17 heavy (non-hydrogen) atoms. The smallest absolute Gasteiger partial charge is 0.145 e. The molecular formula is C12H6BrFN2O. The number of ether oxygens (including phenoxy) is 1. The van der Waals surface area contributed by atoms with Gasteiger partial charge >= 0.3 is 0 Å². The van der Waals surface area contributed by atoms with Crippen molar-refractivity contribution in [2.45, 2.75) is 0 Å². The summed E-state index contributed by atoms with van der Waals surface area (Å²) in [6.45, 7) is 0. The molecule has 2 rings (SSSR count). The van der Waals surface area contributed by atoms with E-state index in [1.54, 1.807) is 12.1 Å². The number of nitriles is 1. The molecule has 1 heterocycles. The van der Waals surface area contributed by atoms with Crippen molar-refractivity contribution in [3.63, 3.8) is 0 Å². The largest absolute Gasteiger partial charge is 0.455 e. The number of hydrogen-bond donors (Lipinski definition) is 0. The first-order valence-electron chi connectivity index (χ1n) is 4.68. The van der Waals surface area contributed by atoms with Crippen LogP contribution >= 0.6 is 15.9 Å². The summed E-state index contributed by atoms with van der Waals surface area (Å²) in [7, 11) is 0. The number of aromatic nitrogens is 1. The van der Waals surface area contributed by atoms with Gasteiger partial charge in [-0.15, -0.1) is 0 Å². The minimum absolute atomic E-state index is 0.315. The Kier molecular flexibility index (Phi) is 3.35. The van der Waals surface area contributed by atoms with E-state index in [4.69, 9.17) is 10.00 Å². The van der Waals surface area contributed by atoms with Gasteiger partial charge < -0.3 is 4.74 Å². The highest BCUT2D eigenvalue weighted by Gasteiger charge is 2.04. The Labute approximate surface area is 106 Å². The second-order valence-electron chi connectivity index (χ2n) is 3.17. The zero-order valence-electron chi connectivity index (χ0n) is 8.52. The van der Waals surface area contributed by atoms with Crippen LogP contribution < -0.4 is 4.74 Å². The zero-order chi connectivity index (χ0) is 12.3. The van der Waals surface area contributed by atoms with Gasteiger partial charge in [0.1, 0.15) is 29.1 Å². The molecule has 0 saturated heterocycles. The van der Waals surface area contributed by atoms with E-state index in [1.165, 1.54) is 24.4 Å². The van der Waals surface area contributed by atoms with Crippen LogP contribution in [0.5, 0.6) is 11.5 Å². The highest BCUT2D eigenvalue weighted by Crippen LogP contribution is 2.29. The molecule has 2 aromatic rings. The van der Waals surface area contributed by atoms with Crippen LogP contribution in [0.15, 0.2) is 41.0 Å². The maximum Gasteiger partial charge on any atom is 0.145 e. The minimum Gasteiger partial charge on any atom is -0.455 e. The van der Waals surface area contributed by atoms with Gasteiger partial charge in [-0.1, -0.05) is 0 Å². The minimum atomic E-state index is -0.345. The van der Waals surface area contributed by atoms with Gasteiger partial charge in [-0.3, -0.25) is 0 Å². The van der Waals surface area contributed by atoms with Crippen LogP contribution in [0.3, 0.4) is 0 Å². The molecule has 0 aliphatic heterocycles. The first-order chi connectivity index (χ1) is 8.19. The number of benzene rings is 1. The third-order valence-corrected chi connectivity index (χ3v) is 2.59. The van der Waals surface area contributed by atoms with Crippen molar-refractivity contribution in [3.8, 4) is 17.6 Å². The fourth-order valence-electron chi connectivity index (χ4n) is 1.19. The van der Waals surface area contributed by atoms with Gasteiger partial charge in [-0.05, 0) is 46.3 Å². The van der Waals surface area contributed by atoms with Gasteiger partial charge in [0.25, 0.3) is 0 Å². The van der Waals surface area contributed by atoms with Crippen LogP contribution in [-0.2, 0) is 0 Å². The summed E-state index contributed by atoms with van der Waals surface area (Å²) < 4.78 is 18.8. The molecule has 5 heteroatoms. The number of hydrogen-bond acceptors (Lipinski definition) is 3. The molecule has 1 aromatic carbocycles. The van der Waals surface area contributed by atoms with Crippen LogP contribution in [0, 0.1) is 17.1 Å². The third kappa shape index (κ3) is 2.80. The molecule has 0 aliphatic rings. The zero-order valence-corrected chi connectivity index (χ0v) is 10.1. The molecular weight excluding hydrogens is 287 g/mol. The molecule has 3 nitrogen and oxygen atoms in total. The lowest BCUT2D eigenvalue weighted by Gasteiger charge is -2.06. The summed E-state index contributed by atoms with van der Waals surface area (Å²) in [5.41, 5.74) is 0.315. The first-order valence-corrected chi connectivity index (χ1v) is 5.47. The molecule has 0 fully saturated rings. The lowest BCUT2D eigenvalue weighted by molar-refractivity contribution is 0.475. The number of rotatable bonds is 2. The molecule has 0 spiro atoms. The molecule has 0 unspecified atom stereocenters. The standard InChI is InChI=1S/C12H6BrFN2O/c13-11-5-8(14)1-4-12(11)17-10-3-2-9(6-15)16-7-10/h1-5,7H. The SMILES string of the molecule is N#Cc1ccc(Oc2ccc(F)cc2Br)cn1. The Morgan fingerprint density at radius 3 is 2.71 bits per heavy atom. The second-order valence-corrected chi connectivity index (χ2v) is 4.02. The topological polar surface area (TPSA) is 45.9 Å². The van der Waals surface area contributed by atoms with Gasteiger partial charge in [0.05, 0.1) is 10.7 Å². The lowest BCUT2D eigenvalue weighted by Crippen LogP contribution is -1.88. The van der Waals surface area contributed by atoms with E-state index in [1.807, 2.05) is 6.07 Å². The summed E-state index contributed by atoms with van der Waals surface area (Å²) in [4.78, 5) is 3.87. The predicted octanol–water partition coefficient (Wildman–Crippen LogP) is 3.65. The van der Waals surface area contributed by atoms with Crippen molar-refractivity contribution < 1.29 is 9.13 Å². The van der Waals surface area contributed by atoms with Crippen LogP contribution in [0.2, 0.25) is 0 Å². The quantitative estimate of drug-likeness (QED) is 0.849. The van der Waals surface area contributed by atoms with Crippen molar-refractivity contribution in [2.24, 2.45) is 0 Å². The Morgan fingerprint density at radius 1 is 1.29 bits per heavy atom. The fraction of sp³-hybridized carbons (Fsp3) is 0. The van der Waals surface area contributed by atoms with E-state index in [-0.39, 0.29) is 5.82 Å². The number of pyridine rings is 1. The predicted molar refractivity (Wildman–Crippen MR) is 63.1 cm³/mol. The average Bonchev–Trinajstić information content (AvgIpc) is 2.34. The molecule has 0 radical (unpaired) electrons. The summed E-state index contributed by atoms with van der Waals surface area (Å²) in [6.07, 6.45) is 1.44. The van der Waals surface area contributed by atoms with Crippen LogP contribution in [0.1, 0.15) is 5.69 Å². The van der Waals surface area contributed by atoms with E-state index in [0.29, 0.717) is 21.7 Å². The summed E-state index contributed by atoms with van der Waals surface area (Å²) in [5.74, 6) is 0.622. The highest BCUT2D eigenvalue weighted by molar-refractivity contribution is 9.10. The van der Waals surface area contributed by atoms with Crippen molar-refractivity contribution in [1.29, 1.82) is 5.26 Å². The van der Waals surface area contributed by atoms with Crippen LogP contribution in [-0.4, -0.2) is 4.98 Å². The van der Waals surface area contributed by atoms with E-state index in [2.05, 4.69) is 20.9 Å². The van der Waals surface area contributed by atoms with E-state index in [9.17, 15) is 4.39 Å². The molecule has 0 N–H and O–H groups in total. The monoisotopic (exact) mass is 292 g/mol. The molecule has 84 valence electrons. The van der Waals surface area contributed by atoms with Gasteiger partial charge in [0.15, 0.2) is 0 Å². The van der Waals surface area contributed by atoms with Gasteiger partial charge in [-0.25, -0.2) is 9.37 Å². The average molecular weight is 293 g/mol. The highest BCUT2D eigenvalue weighted by atomic mass is 79.9. The third-order valence-electron chi connectivity index (χ3n) is 1.97. The summed E-state index contributed by atoms with van der Waals surface area (Å²) >= 11 is 3.19. The Bertz CT molecular complexity index is 578. The van der Waals surface area contributed by atoms with Gasteiger partial charge in [-0.2, -0.15) is 5.26 Å². The van der Waals surface area contributed by atoms with E-state index in [0.717, 1.165) is 0 Å². The Hall–Kier alpha value is -1.93. The summed E-state index contributed by atoms with van der Waals surface area (Å²) in [5, 5.41) is 8.59. The molecule has 0 aliphatic carbocycles. The molecule has 0 saturated carbocycles. The van der Waals surface area contributed by atoms with Crippen molar-refractivity contribution >= 4 is 15.9 Å². The van der Waals surface area contributed by atoms with Gasteiger partial charge in [0.2, 0.25) is 0 Å². The summed E-state index contributed by atoms with van der Waals surface area (Å²) in [6, 6.07) is 9.21. The van der Waals surface area contributed by atoms with Crippen molar-refractivity contribution in [3.05, 3.63) is 52.5 Å². The lowest BCUT2D eigenvalue weighted by atomic mass is 10.3. The first kappa shape index (κ1) is 11.6. The van der Waals surface area contributed by atoms with E-state index >= 15 is 0 Å².